The fraction of sp³-hybridized carbons (Fsp3) is 0.0417. The molecule has 1 aliphatic heterocycles. The quantitative estimate of drug-likeness (QED) is 0.464. The van der Waals surface area contributed by atoms with E-state index in [-0.39, 0.29) is 5.97 Å². The molecule has 0 spiro atoms. The second kappa shape index (κ2) is 5.57. The Balaban J connectivity index is 1.90. The molecule has 5 rings (SSSR count). The van der Waals surface area contributed by atoms with E-state index in [1.807, 2.05) is 91.0 Å². The molecule has 0 unspecified atom stereocenters. The summed E-state index contributed by atoms with van der Waals surface area (Å²) in [7, 11) is 0. The SMILES string of the molecule is O=C1OC(c2ccccc2)(c2ccccc2)c2ccc3ccccc3c21. The van der Waals surface area contributed by atoms with Crippen molar-refractivity contribution in [3.05, 3.63) is 119 Å². The molecular formula is C24H16O2. The Morgan fingerprint density at radius 2 is 1.19 bits per heavy atom. The fourth-order valence-electron chi connectivity index (χ4n) is 3.97. The lowest BCUT2D eigenvalue weighted by atomic mass is 9.79. The maximum Gasteiger partial charge on any atom is 0.340 e. The first-order valence-electron chi connectivity index (χ1n) is 8.67. The number of fused-ring (bicyclic) bond motifs is 3. The van der Waals surface area contributed by atoms with E-state index >= 15 is 0 Å². The lowest BCUT2D eigenvalue weighted by Crippen LogP contribution is -2.29. The average molecular weight is 336 g/mol. The molecule has 2 heteroatoms. The smallest absolute Gasteiger partial charge is 0.340 e. The first-order chi connectivity index (χ1) is 12.8. The number of hydrogen-bond acceptors (Lipinski definition) is 2. The predicted molar refractivity (Wildman–Crippen MR) is 102 cm³/mol. The lowest BCUT2D eigenvalue weighted by molar-refractivity contribution is 0.0252. The van der Waals surface area contributed by atoms with Crippen molar-refractivity contribution in [1.29, 1.82) is 0 Å². The zero-order valence-electron chi connectivity index (χ0n) is 14.1. The van der Waals surface area contributed by atoms with Gasteiger partial charge in [0.2, 0.25) is 0 Å². The number of cyclic esters (lactones) is 1. The summed E-state index contributed by atoms with van der Waals surface area (Å²) in [5, 5.41) is 1.98. The maximum absolute atomic E-state index is 13.0. The predicted octanol–water partition coefficient (Wildman–Crippen LogP) is 5.30. The summed E-state index contributed by atoms with van der Waals surface area (Å²) in [4.78, 5) is 13.0. The number of carbonyl (C=O) groups excluding carboxylic acids is 1. The van der Waals surface area contributed by atoms with Crippen LogP contribution in [0.4, 0.5) is 0 Å². The second-order valence-electron chi connectivity index (χ2n) is 6.51. The highest BCUT2D eigenvalue weighted by atomic mass is 16.6. The van der Waals surface area contributed by atoms with Gasteiger partial charge in [-0.2, -0.15) is 0 Å². The van der Waals surface area contributed by atoms with Crippen molar-refractivity contribution >= 4 is 16.7 Å². The Morgan fingerprint density at radius 3 is 1.85 bits per heavy atom. The molecule has 0 radical (unpaired) electrons. The van der Waals surface area contributed by atoms with Crippen molar-refractivity contribution in [2.45, 2.75) is 5.60 Å². The minimum absolute atomic E-state index is 0.274. The number of carbonyl (C=O) groups is 1. The van der Waals surface area contributed by atoms with Crippen LogP contribution in [0.5, 0.6) is 0 Å². The Morgan fingerprint density at radius 1 is 0.615 bits per heavy atom. The van der Waals surface area contributed by atoms with Crippen molar-refractivity contribution in [2.24, 2.45) is 0 Å². The van der Waals surface area contributed by atoms with Gasteiger partial charge < -0.3 is 4.74 Å². The Labute approximate surface area is 151 Å². The van der Waals surface area contributed by atoms with Gasteiger partial charge in [-0.1, -0.05) is 97.1 Å². The molecule has 0 aliphatic carbocycles. The molecule has 0 N–H and O–H groups in total. The van der Waals surface area contributed by atoms with E-state index in [4.69, 9.17) is 4.74 Å². The topological polar surface area (TPSA) is 26.3 Å². The van der Waals surface area contributed by atoms with Crippen LogP contribution in [0.15, 0.2) is 97.1 Å². The Kier molecular flexibility index (Phi) is 3.19. The molecule has 0 fully saturated rings. The number of ether oxygens (including phenoxy) is 1. The van der Waals surface area contributed by atoms with Crippen molar-refractivity contribution in [3.8, 4) is 0 Å². The van der Waals surface area contributed by atoms with E-state index in [2.05, 4.69) is 6.07 Å². The van der Waals surface area contributed by atoms with Crippen LogP contribution in [0.2, 0.25) is 0 Å². The first-order valence-corrected chi connectivity index (χ1v) is 8.67. The van der Waals surface area contributed by atoms with Gasteiger partial charge in [0, 0.05) is 16.7 Å². The Hall–Kier alpha value is -3.39. The van der Waals surface area contributed by atoms with Crippen molar-refractivity contribution in [1.82, 2.24) is 0 Å². The molecule has 1 aliphatic rings. The molecule has 26 heavy (non-hydrogen) atoms. The summed E-state index contributed by atoms with van der Waals surface area (Å²) in [5.74, 6) is -0.274. The van der Waals surface area contributed by atoms with Gasteiger partial charge in [-0.3, -0.25) is 0 Å². The van der Waals surface area contributed by atoms with Crippen molar-refractivity contribution in [2.75, 3.05) is 0 Å². The van der Waals surface area contributed by atoms with Gasteiger partial charge >= 0.3 is 5.97 Å². The first kappa shape index (κ1) is 14.9. The van der Waals surface area contributed by atoms with Crippen LogP contribution in [0.3, 0.4) is 0 Å². The highest BCUT2D eigenvalue weighted by molar-refractivity contribution is 6.09. The monoisotopic (exact) mass is 336 g/mol. The third-order valence-corrected chi connectivity index (χ3v) is 5.12. The summed E-state index contributed by atoms with van der Waals surface area (Å²) >= 11 is 0. The lowest BCUT2D eigenvalue weighted by Gasteiger charge is -2.30. The van der Waals surface area contributed by atoms with Crippen LogP contribution >= 0.6 is 0 Å². The molecule has 0 atom stereocenters. The highest BCUT2D eigenvalue weighted by Crippen LogP contribution is 2.48. The van der Waals surface area contributed by atoms with Gasteiger partial charge in [0.1, 0.15) is 0 Å². The van der Waals surface area contributed by atoms with E-state index in [1.165, 1.54) is 0 Å². The summed E-state index contributed by atoms with van der Waals surface area (Å²) < 4.78 is 6.16. The largest absolute Gasteiger partial charge is 0.441 e. The van der Waals surface area contributed by atoms with E-state index in [0.717, 1.165) is 27.5 Å². The van der Waals surface area contributed by atoms with Crippen LogP contribution in [-0.2, 0) is 10.3 Å². The van der Waals surface area contributed by atoms with Crippen LogP contribution in [0, 0.1) is 0 Å². The van der Waals surface area contributed by atoms with Crippen LogP contribution < -0.4 is 0 Å². The molecule has 0 saturated carbocycles. The molecule has 0 saturated heterocycles. The molecule has 0 amide bonds. The number of esters is 1. The van der Waals surface area contributed by atoms with Gasteiger partial charge in [0.15, 0.2) is 5.60 Å². The van der Waals surface area contributed by atoms with Gasteiger partial charge in [-0.15, -0.1) is 0 Å². The number of rotatable bonds is 2. The molecule has 1 heterocycles. The zero-order chi connectivity index (χ0) is 17.6. The van der Waals surface area contributed by atoms with Gasteiger partial charge in [0.25, 0.3) is 0 Å². The Bertz CT molecular complexity index is 1080. The molecule has 0 bridgehead atoms. The highest BCUT2D eigenvalue weighted by Gasteiger charge is 2.49. The third kappa shape index (κ3) is 1.96. The van der Waals surface area contributed by atoms with E-state index in [1.54, 1.807) is 0 Å². The second-order valence-corrected chi connectivity index (χ2v) is 6.51. The van der Waals surface area contributed by atoms with Crippen LogP contribution in [0.1, 0.15) is 27.0 Å². The number of benzene rings is 4. The summed E-state index contributed by atoms with van der Waals surface area (Å²) in [6.07, 6.45) is 0. The zero-order valence-corrected chi connectivity index (χ0v) is 14.1. The van der Waals surface area contributed by atoms with E-state index < -0.39 is 5.60 Å². The van der Waals surface area contributed by atoms with Crippen LogP contribution in [0.25, 0.3) is 10.8 Å². The van der Waals surface area contributed by atoms with E-state index in [9.17, 15) is 4.79 Å². The fourth-order valence-corrected chi connectivity index (χ4v) is 3.97. The molecular weight excluding hydrogens is 320 g/mol. The summed E-state index contributed by atoms with van der Waals surface area (Å²) in [5.41, 5.74) is 2.55. The molecule has 0 aromatic heterocycles. The van der Waals surface area contributed by atoms with E-state index in [0.29, 0.717) is 5.56 Å². The number of hydrogen-bond donors (Lipinski definition) is 0. The van der Waals surface area contributed by atoms with Gasteiger partial charge in [-0.25, -0.2) is 4.79 Å². The standard InChI is InChI=1S/C24H16O2/c25-23-22-20-14-8-7-9-17(20)15-16-21(22)24(26-23,18-10-3-1-4-11-18)19-12-5-2-6-13-19/h1-16H. The minimum atomic E-state index is -0.918. The molecule has 124 valence electrons. The molecule has 4 aromatic rings. The van der Waals surface area contributed by atoms with Gasteiger partial charge in [0.05, 0.1) is 5.56 Å². The third-order valence-electron chi connectivity index (χ3n) is 5.12. The van der Waals surface area contributed by atoms with Crippen molar-refractivity contribution < 1.29 is 9.53 Å². The van der Waals surface area contributed by atoms with Crippen LogP contribution in [-0.4, -0.2) is 5.97 Å². The minimum Gasteiger partial charge on any atom is -0.441 e. The summed E-state index contributed by atoms with van der Waals surface area (Å²) in [6.45, 7) is 0. The summed E-state index contributed by atoms with van der Waals surface area (Å²) in [6, 6.07) is 32.0. The molecule has 4 aromatic carbocycles. The average Bonchev–Trinajstić information content (AvgIpc) is 3.03. The van der Waals surface area contributed by atoms with Crippen molar-refractivity contribution in [3.63, 3.8) is 0 Å². The van der Waals surface area contributed by atoms with Gasteiger partial charge in [-0.05, 0) is 10.8 Å². The normalized spacial score (nSPS) is 14.8. The molecule has 2 nitrogen and oxygen atoms in total. The maximum atomic E-state index is 13.0.